The fourth-order valence-electron chi connectivity index (χ4n) is 0.340. The minimum atomic E-state index is 0. The molecule has 0 nitrogen and oxygen atoms in total. The summed E-state index contributed by atoms with van der Waals surface area (Å²) in [7, 11) is 0. The molecule has 9 heavy (non-hydrogen) atoms. The Kier molecular flexibility index (Phi) is 6.36. The van der Waals surface area contributed by atoms with Crippen molar-refractivity contribution in [2.45, 2.75) is 19.3 Å². The molecule has 2 rings (SSSR count). The van der Waals surface area contributed by atoms with Crippen LogP contribution in [0.5, 0.6) is 0 Å². The third kappa shape index (κ3) is 8.14. The van der Waals surface area contributed by atoms with Crippen molar-refractivity contribution >= 4 is 0 Å². The number of hydrogen-bond donors (Lipinski definition) is 0. The van der Waals surface area contributed by atoms with Crippen molar-refractivity contribution < 1.29 is 20.4 Å². The van der Waals surface area contributed by atoms with Crippen LogP contribution in [0.15, 0.2) is 18.2 Å². The Morgan fingerprint density at radius 3 is 2.11 bits per heavy atom. The van der Waals surface area contributed by atoms with Gasteiger partial charge in [-0.15, -0.1) is 6.42 Å². The fourth-order valence-corrected chi connectivity index (χ4v) is 0.340. The van der Waals surface area contributed by atoms with E-state index < -0.39 is 0 Å². The van der Waals surface area contributed by atoms with E-state index in [1.165, 1.54) is 12.8 Å². The number of hydrogen-bond acceptors (Lipinski definition) is 0. The van der Waals surface area contributed by atoms with Crippen molar-refractivity contribution in [1.82, 2.24) is 0 Å². The van der Waals surface area contributed by atoms with E-state index in [1.807, 2.05) is 12.2 Å². The predicted octanol–water partition coefficient (Wildman–Crippen LogP) is 2.29. The van der Waals surface area contributed by atoms with Crippen LogP contribution in [-0.2, 0) is 20.4 Å². The van der Waals surface area contributed by atoms with Crippen LogP contribution in [0.2, 0.25) is 0 Å². The maximum atomic E-state index is 2.99. The van der Waals surface area contributed by atoms with Gasteiger partial charge in [0.2, 0.25) is 0 Å². The van der Waals surface area contributed by atoms with Crippen molar-refractivity contribution in [2.75, 3.05) is 0 Å². The molecule has 0 amide bonds. The molecule has 52 valence electrons. The van der Waals surface area contributed by atoms with Crippen LogP contribution >= 0.6 is 0 Å². The van der Waals surface area contributed by atoms with Crippen molar-refractivity contribution in [3.63, 3.8) is 0 Å². The van der Waals surface area contributed by atoms with Crippen molar-refractivity contribution in [3.8, 4) is 0 Å². The quantitative estimate of drug-likeness (QED) is 0.427. The molecule has 0 N–H and O–H groups in total. The molecule has 1 heteroatoms. The Labute approximate surface area is 70.7 Å². The van der Waals surface area contributed by atoms with Gasteiger partial charge in [-0.3, -0.25) is 6.08 Å². The molecular weight excluding hydrogens is 203 g/mol. The second-order valence-corrected chi connectivity index (χ2v) is 1.87. The molecule has 0 saturated heterocycles. The molecular formula is C8H10Pd. The first kappa shape index (κ1) is 9.14. The van der Waals surface area contributed by atoms with Crippen LogP contribution in [0.25, 0.3) is 0 Å². The average Bonchev–Trinajstić information content (AvgIpc) is 2.55. The second kappa shape index (κ2) is 6.27. The molecule has 0 aromatic rings. The minimum Gasteiger partial charge on any atom is -0.333 e. The molecule has 1 fully saturated rings. The standard InChI is InChI=1S/C5H5.C3H5.Pd/c1-2-4-5-3-1;1-2-3-1;/h1-3H,4H2;1H,2-3H2;/q2*-1;+2. The summed E-state index contributed by atoms with van der Waals surface area (Å²) in [4.78, 5) is 0. The summed E-state index contributed by atoms with van der Waals surface area (Å²) in [5, 5.41) is 0. The summed E-state index contributed by atoms with van der Waals surface area (Å²) in [6.45, 7) is 0. The smallest absolute Gasteiger partial charge is 0.333 e. The predicted molar refractivity (Wildman–Crippen MR) is 35.1 cm³/mol. The van der Waals surface area contributed by atoms with Gasteiger partial charge in [0.1, 0.15) is 0 Å². The molecule has 0 heterocycles. The van der Waals surface area contributed by atoms with Crippen molar-refractivity contribution in [2.24, 2.45) is 0 Å². The first-order valence-corrected chi connectivity index (χ1v) is 3.03. The van der Waals surface area contributed by atoms with Crippen LogP contribution in [-0.4, -0.2) is 0 Å². The van der Waals surface area contributed by atoms with E-state index in [2.05, 4.69) is 18.6 Å². The Balaban J connectivity index is 0.000000140. The van der Waals surface area contributed by atoms with Crippen molar-refractivity contribution in [3.05, 3.63) is 30.7 Å². The van der Waals surface area contributed by atoms with E-state index in [0.29, 0.717) is 0 Å². The number of rotatable bonds is 0. The maximum absolute atomic E-state index is 2.99. The molecule has 1 saturated carbocycles. The fraction of sp³-hybridized carbons (Fsp3) is 0.375. The molecule has 0 unspecified atom stereocenters. The average molecular weight is 213 g/mol. The summed E-state index contributed by atoms with van der Waals surface area (Å²) in [6, 6.07) is 0. The number of allylic oxidation sites excluding steroid dienone is 4. The molecule has 0 bridgehead atoms. The summed E-state index contributed by atoms with van der Waals surface area (Å²) in [5.41, 5.74) is 0. The van der Waals surface area contributed by atoms with Crippen molar-refractivity contribution in [1.29, 1.82) is 0 Å². The molecule has 0 atom stereocenters. The Morgan fingerprint density at radius 1 is 1.33 bits per heavy atom. The van der Waals surface area contributed by atoms with Gasteiger partial charge in [-0.2, -0.15) is 6.08 Å². The van der Waals surface area contributed by atoms with E-state index in [0.717, 1.165) is 6.42 Å². The molecule has 2 aliphatic rings. The third-order valence-corrected chi connectivity index (χ3v) is 0.875. The van der Waals surface area contributed by atoms with Gasteiger partial charge in [0.15, 0.2) is 0 Å². The maximum Gasteiger partial charge on any atom is 2.00 e. The van der Waals surface area contributed by atoms with E-state index in [1.54, 1.807) is 0 Å². The van der Waals surface area contributed by atoms with E-state index in [9.17, 15) is 0 Å². The van der Waals surface area contributed by atoms with Crippen LogP contribution in [0.1, 0.15) is 19.3 Å². The zero-order chi connectivity index (χ0) is 5.66. The van der Waals surface area contributed by atoms with Gasteiger partial charge >= 0.3 is 20.4 Å². The van der Waals surface area contributed by atoms with Gasteiger partial charge in [0.25, 0.3) is 0 Å². The van der Waals surface area contributed by atoms with Crippen LogP contribution in [0.4, 0.5) is 0 Å². The van der Waals surface area contributed by atoms with Gasteiger partial charge in [0.05, 0.1) is 0 Å². The topological polar surface area (TPSA) is 0 Å². The molecule has 0 radical (unpaired) electrons. The molecule has 0 aromatic heterocycles. The van der Waals surface area contributed by atoms with Gasteiger partial charge in [-0.1, -0.05) is 0 Å². The van der Waals surface area contributed by atoms with Crippen LogP contribution < -0.4 is 0 Å². The van der Waals surface area contributed by atoms with Gasteiger partial charge in [-0.05, 0) is 0 Å². The van der Waals surface area contributed by atoms with Gasteiger partial charge < -0.3 is 6.42 Å². The molecule has 2 aliphatic carbocycles. The first-order chi connectivity index (χ1) is 4.00. The van der Waals surface area contributed by atoms with E-state index >= 15 is 0 Å². The summed E-state index contributed by atoms with van der Waals surface area (Å²) in [5.74, 6) is 0. The normalized spacial score (nSPS) is 17.8. The SMILES string of the molecule is [C-]1=CC=CC1.[CH-]1CC1.[Pd+2]. The Hall–Kier alpha value is 0.142. The molecule has 0 spiro atoms. The summed E-state index contributed by atoms with van der Waals surface area (Å²) in [6.07, 6.45) is 15.0. The molecule has 0 aromatic carbocycles. The zero-order valence-corrected chi connectivity index (χ0v) is 6.80. The third-order valence-electron chi connectivity index (χ3n) is 0.875. The minimum absolute atomic E-state index is 0. The Morgan fingerprint density at radius 2 is 2.00 bits per heavy atom. The summed E-state index contributed by atoms with van der Waals surface area (Å²) < 4.78 is 0. The van der Waals surface area contributed by atoms with Crippen LogP contribution in [0.3, 0.4) is 0 Å². The first-order valence-electron chi connectivity index (χ1n) is 3.03. The summed E-state index contributed by atoms with van der Waals surface area (Å²) >= 11 is 0. The second-order valence-electron chi connectivity index (χ2n) is 1.87. The van der Waals surface area contributed by atoms with E-state index in [4.69, 9.17) is 0 Å². The van der Waals surface area contributed by atoms with Crippen LogP contribution in [0, 0.1) is 12.5 Å². The Bertz CT molecular complexity index is 88.4. The zero-order valence-electron chi connectivity index (χ0n) is 5.25. The van der Waals surface area contributed by atoms with Gasteiger partial charge in [0, 0.05) is 0 Å². The largest absolute Gasteiger partial charge is 2.00 e. The monoisotopic (exact) mass is 212 g/mol. The van der Waals surface area contributed by atoms with Gasteiger partial charge in [-0.25, -0.2) is 25.0 Å². The van der Waals surface area contributed by atoms with E-state index in [-0.39, 0.29) is 20.4 Å². The molecule has 0 aliphatic heterocycles.